The van der Waals surface area contributed by atoms with Crippen molar-refractivity contribution in [3.05, 3.63) is 59.7 Å². The molecule has 2 saturated heterocycles. The van der Waals surface area contributed by atoms with Crippen LogP contribution in [0.2, 0.25) is 0 Å². The van der Waals surface area contributed by atoms with Gasteiger partial charge in [0.1, 0.15) is 0 Å². The van der Waals surface area contributed by atoms with Crippen molar-refractivity contribution in [1.82, 2.24) is 0 Å². The molecule has 0 spiro atoms. The van der Waals surface area contributed by atoms with Crippen molar-refractivity contribution < 1.29 is 47.1 Å². The van der Waals surface area contributed by atoms with Gasteiger partial charge in [0, 0.05) is 32.0 Å². The van der Waals surface area contributed by atoms with Crippen LogP contribution in [0.3, 0.4) is 0 Å². The van der Waals surface area contributed by atoms with Crippen molar-refractivity contribution in [3.8, 4) is 0 Å². The van der Waals surface area contributed by atoms with Crippen molar-refractivity contribution in [1.29, 1.82) is 0 Å². The van der Waals surface area contributed by atoms with Gasteiger partial charge in [-0.2, -0.15) is 13.2 Å². The van der Waals surface area contributed by atoms with Crippen molar-refractivity contribution in [2.45, 2.75) is 121 Å². The number of carboxylic acid groups (broad SMARTS) is 1. The van der Waals surface area contributed by atoms with Gasteiger partial charge in [0.05, 0.1) is 23.9 Å². The topological polar surface area (TPSA) is 94.5 Å². The molecule has 1 aromatic rings. The van der Waals surface area contributed by atoms with Gasteiger partial charge in [-0.25, -0.2) is 0 Å². The minimum atomic E-state index is -4.40. The number of carboxylic acids is 1. The SMILES string of the molecule is O=C(O)CCC/C=C\C[C@@H]1[C@@H](/C=C/[C@H](CCc2cccc(C(F)(F)F)c2)OC2CCCCO2)[C@H](OC2CCCCO2)C[C@@H]1O. The van der Waals surface area contributed by atoms with Crippen LogP contribution in [-0.2, 0) is 36.3 Å². The van der Waals surface area contributed by atoms with Crippen LogP contribution >= 0.6 is 0 Å². The highest BCUT2D eigenvalue weighted by atomic mass is 19.4. The molecule has 0 aromatic heterocycles. The molecular weight excluding hydrogens is 577 g/mol. The summed E-state index contributed by atoms with van der Waals surface area (Å²) < 4.78 is 64.3. The van der Waals surface area contributed by atoms with Gasteiger partial charge in [0.15, 0.2) is 12.6 Å². The molecule has 10 heteroatoms. The monoisotopic (exact) mass is 624 g/mol. The molecule has 2 heterocycles. The van der Waals surface area contributed by atoms with Gasteiger partial charge in [-0.15, -0.1) is 0 Å². The maximum Gasteiger partial charge on any atom is 0.416 e. The molecule has 1 saturated carbocycles. The number of hydrogen-bond acceptors (Lipinski definition) is 6. The Kier molecular flexibility index (Phi) is 13.7. The molecule has 44 heavy (non-hydrogen) atoms. The third-order valence-corrected chi connectivity index (χ3v) is 8.68. The fraction of sp³-hybridized carbons (Fsp3) is 0.676. The van der Waals surface area contributed by atoms with Crippen LogP contribution in [0.15, 0.2) is 48.6 Å². The summed E-state index contributed by atoms with van der Waals surface area (Å²) in [7, 11) is 0. The molecule has 246 valence electrons. The number of aryl methyl sites for hydroxylation is 1. The summed E-state index contributed by atoms with van der Waals surface area (Å²) in [6.07, 6.45) is 10.5. The first-order valence-corrected chi connectivity index (χ1v) is 16.1. The second-order valence-electron chi connectivity index (χ2n) is 12.1. The number of ether oxygens (including phenoxy) is 4. The number of unbranched alkanes of at least 4 members (excludes halogenated alkanes) is 1. The van der Waals surface area contributed by atoms with E-state index in [0.717, 1.165) is 44.6 Å². The van der Waals surface area contributed by atoms with E-state index >= 15 is 0 Å². The third kappa shape index (κ3) is 11.3. The van der Waals surface area contributed by atoms with Gasteiger partial charge in [-0.1, -0.05) is 42.5 Å². The van der Waals surface area contributed by atoms with E-state index in [0.29, 0.717) is 57.3 Å². The summed E-state index contributed by atoms with van der Waals surface area (Å²) in [5.74, 6) is -1.07. The Bertz CT molecular complexity index is 1060. The van der Waals surface area contributed by atoms with E-state index in [1.807, 2.05) is 24.3 Å². The Hall–Kier alpha value is -2.24. The highest BCUT2D eigenvalue weighted by Gasteiger charge is 2.42. The summed E-state index contributed by atoms with van der Waals surface area (Å²) in [6.45, 7) is 1.26. The molecule has 0 amide bonds. The molecule has 0 radical (unpaired) electrons. The summed E-state index contributed by atoms with van der Waals surface area (Å²) in [5.41, 5.74) is -0.0772. The summed E-state index contributed by atoms with van der Waals surface area (Å²) >= 11 is 0. The van der Waals surface area contributed by atoms with E-state index in [1.165, 1.54) is 12.1 Å². The quantitative estimate of drug-likeness (QED) is 0.157. The molecule has 3 fully saturated rings. The predicted octanol–water partition coefficient (Wildman–Crippen LogP) is 7.22. The molecule has 2 aliphatic heterocycles. The van der Waals surface area contributed by atoms with Gasteiger partial charge in [0.25, 0.3) is 0 Å². The second-order valence-corrected chi connectivity index (χ2v) is 12.1. The zero-order valence-electron chi connectivity index (χ0n) is 25.3. The third-order valence-electron chi connectivity index (χ3n) is 8.68. The van der Waals surface area contributed by atoms with Gasteiger partial charge in [-0.05, 0) is 88.2 Å². The van der Waals surface area contributed by atoms with Crippen LogP contribution in [0.4, 0.5) is 13.2 Å². The normalized spacial score (nSPS) is 29.0. The number of benzene rings is 1. The number of rotatable bonds is 15. The van der Waals surface area contributed by atoms with Gasteiger partial charge >= 0.3 is 12.1 Å². The lowest BCUT2D eigenvalue weighted by Gasteiger charge is -2.30. The van der Waals surface area contributed by atoms with Crippen molar-refractivity contribution in [2.75, 3.05) is 13.2 Å². The van der Waals surface area contributed by atoms with E-state index in [4.69, 9.17) is 24.1 Å². The maximum atomic E-state index is 13.3. The Balaban J connectivity index is 1.48. The summed E-state index contributed by atoms with van der Waals surface area (Å²) in [6, 6.07) is 5.41. The van der Waals surface area contributed by atoms with Crippen molar-refractivity contribution in [2.24, 2.45) is 11.8 Å². The van der Waals surface area contributed by atoms with E-state index in [-0.39, 0.29) is 36.9 Å². The lowest BCUT2D eigenvalue weighted by Crippen LogP contribution is -2.31. The molecule has 3 aliphatic rings. The molecule has 1 aromatic carbocycles. The molecule has 2 unspecified atom stereocenters. The Labute approximate surface area is 258 Å². The highest BCUT2D eigenvalue weighted by Crippen LogP contribution is 2.40. The largest absolute Gasteiger partial charge is 0.481 e. The van der Waals surface area contributed by atoms with Crippen LogP contribution in [-0.4, -0.2) is 60.3 Å². The molecule has 0 bridgehead atoms. The number of carbonyl (C=O) groups is 1. The Morgan fingerprint density at radius 3 is 2.50 bits per heavy atom. The number of aliphatic hydroxyl groups is 1. The number of alkyl halides is 3. The zero-order chi connectivity index (χ0) is 31.4. The standard InChI is InChI=1S/C34H47F3O7/c35-34(36,37)25-11-9-10-24(22-25)16-17-26(43-32-14-5-7-20-41-32)18-19-28-27(12-3-1-2-4-13-31(39)40)29(38)23-30(28)44-33-15-6-8-21-42-33/h1,3,9-11,18-19,22,26-30,32-33,38H,2,4-8,12-17,20-21,23H2,(H,39,40)/b3-1-,19-18+/t26-,27+,28+,29-,30+,32?,33?/m0/s1. The number of hydrogen-bond donors (Lipinski definition) is 2. The first kappa shape index (κ1) is 34.6. The second kappa shape index (κ2) is 17.5. The molecule has 7 nitrogen and oxygen atoms in total. The first-order valence-electron chi connectivity index (χ1n) is 16.1. The van der Waals surface area contributed by atoms with E-state index in [1.54, 1.807) is 6.07 Å². The van der Waals surface area contributed by atoms with Crippen molar-refractivity contribution in [3.63, 3.8) is 0 Å². The zero-order valence-corrected chi connectivity index (χ0v) is 25.3. The predicted molar refractivity (Wildman–Crippen MR) is 159 cm³/mol. The molecular formula is C34H47F3O7. The summed E-state index contributed by atoms with van der Waals surface area (Å²) in [4.78, 5) is 10.8. The molecule has 4 rings (SSSR count). The Morgan fingerprint density at radius 1 is 1.07 bits per heavy atom. The molecule has 1 aliphatic carbocycles. The average molecular weight is 625 g/mol. The van der Waals surface area contributed by atoms with Gasteiger partial charge in [0.2, 0.25) is 0 Å². The summed E-state index contributed by atoms with van der Waals surface area (Å²) in [5, 5.41) is 20.0. The lowest BCUT2D eigenvalue weighted by molar-refractivity contribution is -0.193. The molecule has 2 N–H and O–H groups in total. The Morgan fingerprint density at radius 2 is 1.82 bits per heavy atom. The highest BCUT2D eigenvalue weighted by molar-refractivity contribution is 5.66. The van der Waals surface area contributed by atoms with E-state index < -0.39 is 29.9 Å². The number of allylic oxidation sites excluding steroid dienone is 2. The minimum Gasteiger partial charge on any atom is -0.481 e. The smallest absolute Gasteiger partial charge is 0.416 e. The van der Waals surface area contributed by atoms with Crippen molar-refractivity contribution >= 4 is 5.97 Å². The number of aliphatic carboxylic acids is 1. The van der Waals surface area contributed by atoms with E-state index in [9.17, 15) is 23.1 Å². The average Bonchev–Trinajstić information content (AvgIpc) is 3.29. The maximum absolute atomic E-state index is 13.3. The van der Waals surface area contributed by atoms with Crippen LogP contribution in [0.1, 0.15) is 88.2 Å². The van der Waals surface area contributed by atoms with Crippen LogP contribution < -0.4 is 0 Å². The fourth-order valence-electron chi connectivity index (χ4n) is 6.27. The van der Waals surface area contributed by atoms with Gasteiger partial charge in [-0.3, -0.25) is 4.79 Å². The number of aliphatic hydroxyl groups excluding tert-OH is 1. The van der Waals surface area contributed by atoms with Crippen LogP contribution in [0, 0.1) is 11.8 Å². The van der Waals surface area contributed by atoms with E-state index in [2.05, 4.69) is 0 Å². The molecule has 7 atom stereocenters. The first-order chi connectivity index (χ1) is 21.2. The number of halogens is 3. The van der Waals surface area contributed by atoms with Gasteiger partial charge < -0.3 is 29.2 Å². The minimum absolute atomic E-state index is 0.117. The lowest BCUT2D eigenvalue weighted by atomic mass is 9.89. The van der Waals surface area contributed by atoms with Crippen LogP contribution in [0.5, 0.6) is 0 Å². The van der Waals surface area contributed by atoms with Crippen LogP contribution in [0.25, 0.3) is 0 Å². The fourth-order valence-corrected chi connectivity index (χ4v) is 6.27.